The van der Waals surface area contributed by atoms with Gasteiger partial charge < -0.3 is 10.3 Å². The van der Waals surface area contributed by atoms with E-state index < -0.39 is 0 Å². The van der Waals surface area contributed by atoms with E-state index in [1.54, 1.807) is 12.3 Å². The lowest BCUT2D eigenvalue weighted by Gasteiger charge is -2.06. The Labute approximate surface area is 99.0 Å². The molecule has 0 unspecified atom stereocenters. The van der Waals surface area contributed by atoms with Gasteiger partial charge in [-0.2, -0.15) is 0 Å². The molecule has 90 valence electrons. The highest BCUT2D eigenvalue weighted by Gasteiger charge is 2.12. The Hall–Kier alpha value is -1.68. The minimum absolute atomic E-state index is 0.0107. The molecular formula is C13H15FN2O. The van der Waals surface area contributed by atoms with E-state index in [9.17, 15) is 9.18 Å². The highest BCUT2D eigenvalue weighted by atomic mass is 19.1. The zero-order valence-electron chi connectivity index (χ0n) is 9.88. The van der Waals surface area contributed by atoms with Gasteiger partial charge in [-0.3, -0.25) is 4.79 Å². The van der Waals surface area contributed by atoms with E-state index in [2.05, 4.69) is 10.3 Å². The molecule has 0 aliphatic heterocycles. The Bertz CT molecular complexity index is 545. The molecule has 0 saturated heterocycles. The number of hydrogen-bond acceptors (Lipinski definition) is 2. The number of aromatic nitrogens is 1. The molecule has 1 aromatic heterocycles. The number of hydrogen-bond donors (Lipinski definition) is 2. The summed E-state index contributed by atoms with van der Waals surface area (Å²) in [6.07, 6.45) is 1.63. The predicted octanol–water partition coefficient (Wildman–Crippen LogP) is 2.49. The number of carbonyl (C=O) groups is 1. The number of nitrogens with one attached hydrogen (secondary N) is 2. The van der Waals surface area contributed by atoms with E-state index >= 15 is 0 Å². The number of rotatable bonds is 4. The summed E-state index contributed by atoms with van der Waals surface area (Å²) in [6, 6.07) is 4.65. The van der Waals surface area contributed by atoms with E-state index in [0.29, 0.717) is 17.6 Å². The maximum absolute atomic E-state index is 13.0. The zero-order valence-corrected chi connectivity index (χ0v) is 9.88. The number of H-pyrrole nitrogens is 1. The Morgan fingerprint density at radius 2 is 2.24 bits per heavy atom. The molecule has 0 atom stereocenters. The van der Waals surface area contributed by atoms with Crippen molar-refractivity contribution in [1.29, 1.82) is 0 Å². The first-order chi connectivity index (χ1) is 8.08. The van der Waals surface area contributed by atoms with Crippen molar-refractivity contribution in [3.63, 3.8) is 0 Å². The molecule has 1 heterocycles. The normalized spacial score (nSPS) is 11.3. The molecule has 2 rings (SSSR count). The van der Waals surface area contributed by atoms with Crippen molar-refractivity contribution in [3.05, 3.63) is 35.8 Å². The van der Waals surface area contributed by atoms with Crippen molar-refractivity contribution in [3.8, 4) is 0 Å². The lowest BCUT2D eigenvalue weighted by Crippen LogP contribution is -2.29. The summed E-state index contributed by atoms with van der Waals surface area (Å²) < 4.78 is 13.0. The molecule has 0 bridgehead atoms. The molecule has 17 heavy (non-hydrogen) atoms. The summed E-state index contributed by atoms with van der Waals surface area (Å²) in [7, 11) is 0. The molecular weight excluding hydrogens is 219 g/mol. The van der Waals surface area contributed by atoms with Gasteiger partial charge >= 0.3 is 0 Å². The van der Waals surface area contributed by atoms with E-state index in [1.165, 1.54) is 12.1 Å². The van der Waals surface area contributed by atoms with Crippen LogP contribution in [0.1, 0.15) is 24.2 Å². The van der Waals surface area contributed by atoms with Crippen molar-refractivity contribution in [2.45, 2.75) is 19.9 Å². The second-order valence-electron chi connectivity index (χ2n) is 4.35. The number of ketones is 1. The van der Waals surface area contributed by atoms with Crippen LogP contribution in [0, 0.1) is 5.82 Å². The highest BCUT2D eigenvalue weighted by Crippen LogP contribution is 2.19. The van der Waals surface area contributed by atoms with Crippen molar-refractivity contribution < 1.29 is 9.18 Å². The summed E-state index contributed by atoms with van der Waals surface area (Å²) in [5, 5.41) is 3.84. The van der Waals surface area contributed by atoms with Gasteiger partial charge in [-0.05, 0) is 18.2 Å². The average Bonchev–Trinajstić information content (AvgIpc) is 2.68. The number of benzene rings is 1. The Kier molecular flexibility index (Phi) is 3.24. The standard InChI is InChI=1S/C13H15FN2O/c1-8(2)15-7-13(17)11-6-16-12-5-9(14)3-4-10(11)12/h3-6,8,15-16H,7H2,1-2H3. The number of carbonyl (C=O) groups excluding carboxylic acids is 1. The fourth-order valence-corrected chi connectivity index (χ4v) is 1.72. The third kappa shape index (κ3) is 2.53. The lowest BCUT2D eigenvalue weighted by atomic mass is 10.1. The highest BCUT2D eigenvalue weighted by molar-refractivity contribution is 6.08. The third-order valence-corrected chi connectivity index (χ3v) is 2.62. The first-order valence-electron chi connectivity index (χ1n) is 5.61. The van der Waals surface area contributed by atoms with E-state index in [1.807, 2.05) is 13.8 Å². The van der Waals surface area contributed by atoms with Crippen LogP contribution in [0.2, 0.25) is 0 Å². The average molecular weight is 234 g/mol. The van der Waals surface area contributed by atoms with Gasteiger partial charge in [-0.25, -0.2) is 4.39 Å². The third-order valence-electron chi connectivity index (χ3n) is 2.62. The first kappa shape index (κ1) is 11.8. The van der Waals surface area contributed by atoms with Crippen LogP contribution in [0.25, 0.3) is 10.9 Å². The van der Waals surface area contributed by atoms with Gasteiger partial charge in [0.15, 0.2) is 5.78 Å². The molecule has 3 nitrogen and oxygen atoms in total. The number of Topliss-reactive ketones (excluding diaryl/α,β-unsaturated/α-hetero) is 1. The summed E-state index contributed by atoms with van der Waals surface area (Å²) >= 11 is 0. The van der Waals surface area contributed by atoms with Gasteiger partial charge in [0, 0.05) is 28.7 Å². The molecule has 0 saturated carbocycles. The largest absolute Gasteiger partial charge is 0.360 e. The van der Waals surface area contributed by atoms with Crippen LogP contribution < -0.4 is 5.32 Å². The summed E-state index contributed by atoms with van der Waals surface area (Å²) in [4.78, 5) is 14.8. The van der Waals surface area contributed by atoms with Gasteiger partial charge in [-0.15, -0.1) is 0 Å². The summed E-state index contributed by atoms with van der Waals surface area (Å²) in [5.41, 5.74) is 1.26. The lowest BCUT2D eigenvalue weighted by molar-refractivity contribution is 0.0990. The van der Waals surface area contributed by atoms with Gasteiger partial charge in [0.25, 0.3) is 0 Å². The summed E-state index contributed by atoms with van der Waals surface area (Å²) in [6.45, 7) is 4.26. The minimum atomic E-state index is -0.307. The summed E-state index contributed by atoms with van der Waals surface area (Å²) in [5.74, 6) is -0.296. The van der Waals surface area contributed by atoms with E-state index in [4.69, 9.17) is 0 Å². The SMILES string of the molecule is CC(C)NCC(=O)c1c[nH]c2cc(F)ccc12. The first-order valence-corrected chi connectivity index (χ1v) is 5.61. The van der Waals surface area contributed by atoms with Crippen molar-refractivity contribution in [2.75, 3.05) is 6.54 Å². The predicted molar refractivity (Wildman–Crippen MR) is 65.7 cm³/mol. The van der Waals surface area contributed by atoms with Crippen LogP contribution in [0.15, 0.2) is 24.4 Å². The fraction of sp³-hybridized carbons (Fsp3) is 0.308. The van der Waals surface area contributed by atoms with Crippen molar-refractivity contribution in [2.24, 2.45) is 0 Å². The molecule has 0 fully saturated rings. The maximum Gasteiger partial charge on any atom is 0.178 e. The monoisotopic (exact) mass is 234 g/mol. The second-order valence-corrected chi connectivity index (χ2v) is 4.35. The Morgan fingerprint density at radius 1 is 1.47 bits per heavy atom. The number of fused-ring (bicyclic) bond motifs is 1. The molecule has 0 amide bonds. The van der Waals surface area contributed by atoms with Crippen molar-refractivity contribution >= 4 is 16.7 Å². The molecule has 2 N–H and O–H groups in total. The number of aromatic amines is 1. The molecule has 4 heteroatoms. The van der Waals surface area contributed by atoms with E-state index in [0.717, 1.165) is 5.39 Å². The Morgan fingerprint density at radius 3 is 2.94 bits per heavy atom. The van der Waals surface area contributed by atoms with Crippen LogP contribution in [-0.2, 0) is 0 Å². The van der Waals surface area contributed by atoms with Gasteiger partial charge in [0.2, 0.25) is 0 Å². The molecule has 1 aromatic carbocycles. The molecule has 0 aliphatic carbocycles. The smallest absolute Gasteiger partial charge is 0.178 e. The Balaban J connectivity index is 2.27. The maximum atomic E-state index is 13.0. The quantitative estimate of drug-likeness (QED) is 0.798. The topological polar surface area (TPSA) is 44.9 Å². The van der Waals surface area contributed by atoms with Crippen LogP contribution >= 0.6 is 0 Å². The minimum Gasteiger partial charge on any atom is -0.360 e. The van der Waals surface area contributed by atoms with E-state index in [-0.39, 0.29) is 17.6 Å². The van der Waals surface area contributed by atoms with Gasteiger partial charge in [-0.1, -0.05) is 13.8 Å². The molecule has 0 aliphatic rings. The van der Waals surface area contributed by atoms with Crippen molar-refractivity contribution in [1.82, 2.24) is 10.3 Å². The fourth-order valence-electron chi connectivity index (χ4n) is 1.72. The zero-order chi connectivity index (χ0) is 12.4. The second kappa shape index (κ2) is 4.67. The van der Waals surface area contributed by atoms with Crippen LogP contribution in [-0.4, -0.2) is 23.4 Å². The van der Waals surface area contributed by atoms with Crippen LogP contribution in [0.5, 0.6) is 0 Å². The molecule has 0 radical (unpaired) electrons. The van der Waals surface area contributed by atoms with Gasteiger partial charge in [0.05, 0.1) is 6.54 Å². The molecule has 0 spiro atoms. The number of halogens is 1. The molecule has 2 aromatic rings. The van der Waals surface area contributed by atoms with Crippen LogP contribution in [0.3, 0.4) is 0 Å². The van der Waals surface area contributed by atoms with Crippen LogP contribution in [0.4, 0.5) is 4.39 Å². The van der Waals surface area contributed by atoms with Gasteiger partial charge in [0.1, 0.15) is 5.82 Å².